The summed E-state index contributed by atoms with van der Waals surface area (Å²) in [5.41, 5.74) is 6.43. The van der Waals surface area contributed by atoms with Crippen molar-refractivity contribution in [1.29, 1.82) is 0 Å². The smallest absolute Gasteiger partial charge is 0.325 e. The zero-order chi connectivity index (χ0) is 11.1. The first-order valence-electron chi connectivity index (χ1n) is 4.69. The Hall–Kier alpha value is -1.39. The maximum Gasteiger partial charge on any atom is 0.325 e. The molecule has 0 aromatic heterocycles. The third kappa shape index (κ3) is 4.10. The van der Waals surface area contributed by atoms with Gasteiger partial charge in [-0.15, -0.1) is 0 Å². The third-order valence-electron chi connectivity index (χ3n) is 1.87. The van der Waals surface area contributed by atoms with Gasteiger partial charge in [0.05, 0.1) is 6.61 Å². The maximum atomic E-state index is 11.3. The van der Waals surface area contributed by atoms with E-state index in [9.17, 15) is 4.79 Å². The Labute approximate surface area is 89.0 Å². The second-order valence-corrected chi connectivity index (χ2v) is 3.16. The van der Waals surface area contributed by atoms with Crippen LogP contribution in [0.4, 0.5) is 0 Å². The average molecular weight is 209 g/mol. The Bertz CT molecular complexity index is 300. The lowest BCUT2D eigenvalue weighted by molar-refractivity contribution is -0.147. The fourth-order valence-electron chi connectivity index (χ4n) is 1.08. The van der Waals surface area contributed by atoms with Crippen LogP contribution in [0.2, 0.25) is 0 Å². The molecule has 0 aliphatic rings. The quantitative estimate of drug-likeness (QED) is 0.725. The predicted octanol–water partition coefficient (Wildman–Crippen LogP) is 0.703. The molecule has 0 aliphatic heterocycles. The van der Waals surface area contributed by atoms with Gasteiger partial charge in [-0.1, -0.05) is 30.3 Å². The topological polar surface area (TPSA) is 61.5 Å². The first-order valence-corrected chi connectivity index (χ1v) is 4.69. The number of hydrogen-bond acceptors (Lipinski definition) is 4. The van der Waals surface area contributed by atoms with Crippen molar-refractivity contribution < 1.29 is 14.3 Å². The Morgan fingerprint density at radius 2 is 2.07 bits per heavy atom. The van der Waals surface area contributed by atoms with Gasteiger partial charge in [0.25, 0.3) is 0 Å². The molecule has 0 fully saturated rings. The standard InChI is InChI=1S/C11H15NO3/c1-14-8-10(12)11(13)15-7-9-5-3-2-4-6-9/h2-6,10H,7-8,12H2,1H3/t10-/m1/s1. The molecule has 1 atom stereocenters. The van der Waals surface area contributed by atoms with Crippen molar-refractivity contribution in [3.63, 3.8) is 0 Å². The van der Waals surface area contributed by atoms with Crippen LogP contribution < -0.4 is 5.73 Å². The zero-order valence-corrected chi connectivity index (χ0v) is 8.68. The van der Waals surface area contributed by atoms with Crippen molar-refractivity contribution in [2.45, 2.75) is 12.6 Å². The number of benzene rings is 1. The molecule has 1 rings (SSSR count). The number of carbonyl (C=O) groups excluding carboxylic acids is 1. The summed E-state index contributed by atoms with van der Waals surface area (Å²) in [4.78, 5) is 11.3. The molecule has 0 bridgehead atoms. The number of ether oxygens (including phenoxy) is 2. The van der Waals surface area contributed by atoms with Gasteiger partial charge in [-0.05, 0) is 5.56 Å². The highest BCUT2D eigenvalue weighted by atomic mass is 16.5. The van der Waals surface area contributed by atoms with Gasteiger partial charge in [0.2, 0.25) is 0 Å². The number of methoxy groups -OCH3 is 1. The molecule has 4 heteroatoms. The van der Waals surface area contributed by atoms with E-state index in [0.29, 0.717) is 0 Å². The van der Waals surface area contributed by atoms with Crippen LogP contribution in [0.25, 0.3) is 0 Å². The lowest BCUT2D eigenvalue weighted by Crippen LogP contribution is -2.36. The SMILES string of the molecule is COC[C@@H](N)C(=O)OCc1ccccc1. The molecule has 1 aromatic rings. The summed E-state index contributed by atoms with van der Waals surface area (Å²) in [6.07, 6.45) is 0. The molecule has 0 spiro atoms. The van der Waals surface area contributed by atoms with Crippen LogP contribution in [-0.2, 0) is 20.9 Å². The fourth-order valence-corrected chi connectivity index (χ4v) is 1.08. The normalized spacial score (nSPS) is 12.1. The molecular formula is C11H15NO3. The van der Waals surface area contributed by atoms with Crippen molar-refractivity contribution in [3.8, 4) is 0 Å². The van der Waals surface area contributed by atoms with E-state index >= 15 is 0 Å². The molecule has 15 heavy (non-hydrogen) atoms. The lowest BCUT2D eigenvalue weighted by Gasteiger charge is -2.10. The van der Waals surface area contributed by atoms with Crippen molar-refractivity contribution in [3.05, 3.63) is 35.9 Å². The van der Waals surface area contributed by atoms with E-state index in [1.165, 1.54) is 7.11 Å². The van der Waals surface area contributed by atoms with Gasteiger partial charge in [-0.25, -0.2) is 0 Å². The lowest BCUT2D eigenvalue weighted by atomic mass is 10.2. The van der Waals surface area contributed by atoms with Crippen LogP contribution >= 0.6 is 0 Å². The summed E-state index contributed by atoms with van der Waals surface area (Å²) < 4.78 is 9.75. The molecule has 2 N–H and O–H groups in total. The summed E-state index contributed by atoms with van der Waals surface area (Å²) in [6.45, 7) is 0.421. The summed E-state index contributed by atoms with van der Waals surface area (Å²) in [5.74, 6) is -0.444. The fraction of sp³-hybridized carbons (Fsp3) is 0.364. The van der Waals surface area contributed by atoms with E-state index in [2.05, 4.69) is 0 Å². The maximum absolute atomic E-state index is 11.3. The highest BCUT2D eigenvalue weighted by Crippen LogP contribution is 2.01. The van der Waals surface area contributed by atoms with Crippen molar-refractivity contribution in [2.75, 3.05) is 13.7 Å². The number of nitrogens with two attached hydrogens (primary N) is 1. The Kier molecular flexibility index (Phi) is 4.80. The first kappa shape index (κ1) is 11.7. The van der Waals surface area contributed by atoms with Gasteiger partial charge in [0, 0.05) is 7.11 Å². The minimum absolute atomic E-state index is 0.174. The molecule has 0 aliphatic carbocycles. The van der Waals surface area contributed by atoms with Crippen LogP contribution in [0, 0.1) is 0 Å². The van der Waals surface area contributed by atoms with Gasteiger partial charge in [0.15, 0.2) is 0 Å². The van der Waals surface area contributed by atoms with Gasteiger partial charge in [-0.3, -0.25) is 4.79 Å². The summed E-state index contributed by atoms with van der Waals surface area (Å²) >= 11 is 0. The molecule has 0 heterocycles. The third-order valence-corrected chi connectivity index (χ3v) is 1.87. The van der Waals surface area contributed by atoms with Crippen LogP contribution in [-0.4, -0.2) is 25.7 Å². The highest BCUT2D eigenvalue weighted by molar-refractivity contribution is 5.75. The number of esters is 1. The average Bonchev–Trinajstić information content (AvgIpc) is 2.27. The molecule has 4 nitrogen and oxygen atoms in total. The summed E-state index contributed by atoms with van der Waals surface area (Å²) in [6, 6.07) is 8.74. The van der Waals surface area contributed by atoms with Crippen LogP contribution in [0.5, 0.6) is 0 Å². The molecule has 0 radical (unpaired) electrons. The van der Waals surface area contributed by atoms with Gasteiger partial charge < -0.3 is 15.2 Å². The Morgan fingerprint density at radius 1 is 1.40 bits per heavy atom. The van der Waals surface area contributed by atoms with Crippen molar-refractivity contribution in [1.82, 2.24) is 0 Å². The summed E-state index contributed by atoms with van der Waals surface area (Å²) in [5, 5.41) is 0. The largest absolute Gasteiger partial charge is 0.460 e. The molecule has 0 amide bonds. The van der Waals surface area contributed by atoms with E-state index in [-0.39, 0.29) is 13.2 Å². The van der Waals surface area contributed by atoms with E-state index in [0.717, 1.165) is 5.56 Å². The molecule has 0 saturated carbocycles. The van der Waals surface area contributed by atoms with E-state index in [1.807, 2.05) is 30.3 Å². The second kappa shape index (κ2) is 6.16. The second-order valence-electron chi connectivity index (χ2n) is 3.16. The van der Waals surface area contributed by atoms with Crippen LogP contribution in [0.15, 0.2) is 30.3 Å². The van der Waals surface area contributed by atoms with Crippen LogP contribution in [0.3, 0.4) is 0 Å². The Balaban J connectivity index is 2.34. The predicted molar refractivity (Wildman–Crippen MR) is 56.1 cm³/mol. The molecule has 1 aromatic carbocycles. The molecule has 82 valence electrons. The minimum atomic E-state index is -0.710. The molecule has 0 saturated heterocycles. The zero-order valence-electron chi connectivity index (χ0n) is 8.68. The van der Waals surface area contributed by atoms with Gasteiger partial charge >= 0.3 is 5.97 Å². The number of rotatable bonds is 5. The van der Waals surface area contributed by atoms with Gasteiger partial charge in [0.1, 0.15) is 12.6 Å². The monoisotopic (exact) mass is 209 g/mol. The van der Waals surface area contributed by atoms with E-state index in [4.69, 9.17) is 15.2 Å². The summed E-state index contributed by atoms with van der Waals surface area (Å²) in [7, 11) is 1.49. The first-order chi connectivity index (χ1) is 7.24. The molecule has 0 unspecified atom stereocenters. The number of hydrogen-bond donors (Lipinski definition) is 1. The van der Waals surface area contributed by atoms with Crippen molar-refractivity contribution in [2.24, 2.45) is 5.73 Å². The minimum Gasteiger partial charge on any atom is -0.460 e. The number of carbonyl (C=O) groups is 1. The highest BCUT2D eigenvalue weighted by Gasteiger charge is 2.14. The van der Waals surface area contributed by atoms with Crippen LogP contribution in [0.1, 0.15) is 5.56 Å². The van der Waals surface area contributed by atoms with E-state index in [1.54, 1.807) is 0 Å². The molecular weight excluding hydrogens is 194 g/mol. The van der Waals surface area contributed by atoms with E-state index < -0.39 is 12.0 Å². The van der Waals surface area contributed by atoms with Crippen molar-refractivity contribution >= 4 is 5.97 Å². The van der Waals surface area contributed by atoms with Gasteiger partial charge in [-0.2, -0.15) is 0 Å². The Morgan fingerprint density at radius 3 is 2.67 bits per heavy atom.